The maximum absolute atomic E-state index is 12.8. The molecule has 2 aromatic rings. The lowest BCUT2D eigenvalue weighted by Crippen LogP contribution is -2.50. The second-order valence-corrected chi connectivity index (χ2v) is 11.5. The Morgan fingerprint density at radius 1 is 0.578 bits per heavy atom. The van der Waals surface area contributed by atoms with Crippen LogP contribution in [0, 0.1) is 11.8 Å². The summed E-state index contributed by atoms with van der Waals surface area (Å²) in [5.74, 6) is -0.506. The summed E-state index contributed by atoms with van der Waals surface area (Å²) >= 11 is 0. The monoisotopic (exact) mass is 624 g/mol. The van der Waals surface area contributed by atoms with Crippen molar-refractivity contribution in [3.63, 3.8) is 0 Å². The second kappa shape index (κ2) is 21.6. The summed E-state index contributed by atoms with van der Waals surface area (Å²) in [5.41, 5.74) is 1.76. The van der Waals surface area contributed by atoms with Gasteiger partial charge >= 0.3 is 12.2 Å². The Bertz CT molecular complexity index is 1060. The molecule has 0 aromatic heterocycles. The molecule has 10 nitrogen and oxygen atoms in total. The van der Waals surface area contributed by atoms with Crippen LogP contribution in [0.5, 0.6) is 0 Å². The summed E-state index contributed by atoms with van der Waals surface area (Å²) in [7, 11) is 0. The average molecular weight is 625 g/mol. The zero-order valence-corrected chi connectivity index (χ0v) is 27.3. The quantitative estimate of drug-likeness (QED) is 0.137. The highest BCUT2D eigenvalue weighted by Crippen LogP contribution is 2.11. The molecular formula is C35H52N4O6. The first-order valence-electron chi connectivity index (χ1n) is 16.2. The summed E-state index contributed by atoms with van der Waals surface area (Å²) in [5, 5.41) is 11.3. The molecule has 0 spiro atoms. The highest BCUT2D eigenvalue weighted by atomic mass is 16.6. The third-order valence-corrected chi connectivity index (χ3v) is 7.92. The fraction of sp³-hybridized carbons (Fsp3) is 0.543. The van der Waals surface area contributed by atoms with Gasteiger partial charge in [0, 0.05) is 13.1 Å². The number of amides is 4. The van der Waals surface area contributed by atoms with Crippen molar-refractivity contribution in [3.05, 3.63) is 71.8 Å². The SMILES string of the molecule is CCC(C)[C@H](NC(=O)OCc1ccccc1)C(=O)NCCCCCCCNC(=O)[C@@H](NC(=O)OCc1ccccc1)C(C)CC. The van der Waals surface area contributed by atoms with Gasteiger partial charge in [0.05, 0.1) is 0 Å². The molecule has 0 aliphatic carbocycles. The number of hydrogen-bond donors (Lipinski definition) is 4. The van der Waals surface area contributed by atoms with Crippen molar-refractivity contribution >= 4 is 24.0 Å². The highest BCUT2D eigenvalue weighted by molar-refractivity contribution is 5.86. The molecule has 10 heteroatoms. The van der Waals surface area contributed by atoms with Crippen molar-refractivity contribution < 1.29 is 28.7 Å². The number of carbonyl (C=O) groups is 4. The molecular weight excluding hydrogens is 572 g/mol. The summed E-state index contributed by atoms with van der Waals surface area (Å²) in [4.78, 5) is 50.3. The maximum Gasteiger partial charge on any atom is 0.408 e. The first-order valence-corrected chi connectivity index (χ1v) is 16.2. The number of unbranched alkanes of at least 4 members (excludes halogenated alkanes) is 4. The van der Waals surface area contributed by atoms with Gasteiger partial charge in [0.25, 0.3) is 0 Å². The minimum Gasteiger partial charge on any atom is -0.445 e. The highest BCUT2D eigenvalue weighted by Gasteiger charge is 2.27. The van der Waals surface area contributed by atoms with E-state index in [1.54, 1.807) is 0 Å². The fourth-order valence-corrected chi connectivity index (χ4v) is 4.61. The third kappa shape index (κ3) is 15.0. The molecule has 4 atom stereocenters. The molecule has 0 bridgehead atoms. The second-order valence-electron chi connectivity index (χ2n) is 11.5. The van der Waals surface area contributed by atoms with Crippen LogP contribution < -0.4 is 21.3 Å². The van der Waals surface area contributed by atoms with Gasteiger partial charge in [-0.15, -0.1) is 0 Å². The normalized spacial score (nSPS) is 13.4. The molecule has 0 saturated carbocycles. The molecule has 0 aliphatic heterocycles. The van der Waals surface area contributed by atoms with Gasteiger partial charge < -0.3 is 30.7 Å². The van der Waals surface area contributed by atoms with Gasteiger partial charge in [-0.05, 0) is 35.8 Å². The van der Waals surface area contributed by atoms with Crippen LogP contribution in [-0.4, -0.2) is 49.2 Å². The van der Waals surface area contributed by atoms with E-state index in [-0.39, 0.29) is 36.9 Å². The van der Waals surface area contributed by atoms with E-state index in [1.165, 1.54) is 0 Å². The van der Waals surface area contributed by atoms with E-state index in [2.05, 4.69) is 21.3 Å². The summed E-state index contributed by atoms with van der Waals surface area (Å²) in [6.45, 7) is 9.14. The fourth-order valence-electron chi connectivity index (χ4n) is 4.61. The molecule has 2 aromatic carbocycles. The maximum atomic E-state index is 12.8. The van der Waals surface area contributed by atoms with E-state index in [9.17, 15) is 19.2 Å². The minimum absolute atomic E-state index is 0.0421. The van der Waals surface area contributed by atoms with Gasteiger partial charge in [-0.2, -0.15) is 0 Å². The minimum atomic E-state index is -0.665. The molecule has 0 saturated heterocycles. The molecule has 0 radical (unpaired) electrons. The van der Waals surface area contributed by atoms with E-state index in [0.29, 0.717) is 13.1 Å². The van der Waals surface area contributed by atoms with Crippen LogP contribution >= 0.6 is 0 Å². The van der Waals surface area contributed by atoms with Crippen molar-refractivity contribution in [3.8, 4) is 0 Å². The molecule has 0 fully saturated rings. The lowest BCUT2D eigenvalue weighted by atomic mass is 9.98. The van der Waals surface area contributed by atoms with Crippen LogP contribution in [0.4, 0.5) is 9.59 Å². The Morgan fingerprint density at radius 2 is 0.933 bits per heavy atom. The number of alkyl carbamates (subject to hydrolysis) is 2. The van der Waals surface area contributed by atoms with Gasteiger partial charge in [-0.25, -0.2) is 9.59 Å². The average Bonchev–Trinajstić information content (AvgIpc) is 3.06. The van der Waals surface area contributed by atoms with Gasteiger partial charge in [0.2, 0.25) is 11.8 Å². The van der Waals surface area contributed by atoms with Crippen LogP contribution in [0.2, 0.25) is 0 Å². The molecule has 0 heterocycles. The lowest BCUT2D eigenvalue weighted by molar-refractivity contribution is -0.125. The van der Waals surface area contributed by atoms with Crippen LogP contribution in [0.3, 0.4) is 0 Å². The van der Waals surface area contributed by atoms with Crippen LogP contribution in [0.25, 0.3) is 0 Å². The van der Waals surface area contributed by atoms with Crippen LogP contribution in [0.1, 0.15) is 83.8 Å². The Hall–Kier alpha value is -4.08. The predicted molar refractivity (Wildman–Crippen MR) is 175 cm³/mol. The summed E-state index contributed by atoms with van der Waals surface area (Å²) in [6.07, 6.45) is 4.70. The lowest BCUT2D eigenvalue weighted by Gasteiger charge is -2.23. The first kappa shape index (κ1) is 37.1. The smallest absolute Gasteiger partial charge is 0.408 e. The van der Waals surface area contributed by atoms with Crippen molar-refractivity contribution in [2.24, 2.45) is 11.8 Å². The largest absolute Gasteiger partial charge is 0.445 e. The summed E-state index contributed by atoms with van der Waals surface area (Å²) in [6, 6.07) is 17.5. The Morgan fingerprint density at radius 3 is 1.29 bits per heavy atom. The molecule has 248 valence electrons. The zero-order valence-electron chi connectivity index (χ0n) is 27.3. The number of hydrogen-bond acceptors (Lipinski definition) is 6. The zero-order chi connectivity index (χ0) is 32.9. The van der Waals surface area contributed by atoms with Crippen molar-refractivity contribution in [2.45, 2.75) is 97.9 Å². The molecule has 2 unspecified atom stereocenters. The van der Waals surface area contributed by atoms with Gasteiger partial charge in [0.15, 0.2) is 0 Å². The Kier molecular flexibility index (Phi) is 17.8. The molecule has 4 amide bonds. The number of carbonyl (C=O) groups excluding carboxylic acids is 4. The number of rotatable bonds is 20. The van der Waals surface area contributed by atoms with E-state index in [1.807, 2.05) is 88.4 Å². The van der Waals surface area contributed by atoms with Crippen LogP contribution in [0.15, 0.2) is 60.7 Å². The van der Waals surface area contributed by atoms with E-state index < -0.39 is 24.3 Å². The van der Waals surface area contributed by atoms with Gasteiger partial charge in [-0.3, -0.25) is 9.59 Å². The predicted octanol–water partition coefficient (Wildman–Crippen LogP) is 5.85. The summed E-state index contributed by atoms with van der Waals surface area (Å²) < 4.78 is 10.6. The van der Waals surface area contributed by atoms with Crippen molar-refractivity contribution in [1.82, 2.24) is 21.3 Å². The molecule has 4 N–H and O–H groups in total. The molecule has 0 aliphatic rings. The van der Waals surface area contributed by atoms with E-state index in [0.717, 1.165) is 56.1 Å². The van der Waals surface area contributed by atoms with Crippen molar-refractivity contribution in [1.29, 1.82) is 0 Å². The standard InChI is InChI=1S/C35H52N4O6/c1-5-26(3)30(38-34(42)44-24-28-18-12-10-13-19-28)32(40)36-22-16-8-7-9-17-23-37-33(41)31(27(4)6-2)39-35(43)45-25-29-20-14-11-15-21-29/h10-15,18-21,26-27,30-31H,5-9,16-17,22-25H2,1-4H3,(H,36,40)(H,37,41)(H,38,42)(H,39,43)/t26?,27?,30-,31-/m0/s1. The third-order valence-electron chi connectivity index (χ3n) is 7.92. The van der Waals surface area contributed by atoms with Crippen molar-refractivity contribution in [2.75, 3.05) is 13.1 Å². The van der Waals surface area contributed by atoms with E-state index >= 15 is 0 Å². The Balaban J connectivity index is 1.61. The van der Waals surface area contributed by atoms with Gasteiger partial charge in [-0.1, -0.05) is 120 Å². The number of nitrogens with one attached hydrogen (secondary N) is 4. The first-order chi connectivity index (χ1) is 21.7. The number of benzene rings is 2. The Labute approximate surface area is 268 Å². The molecule has 45 heavy (non-hydrogen) atoms. The van der Waals surface area contributed by atoms with E-state index in [4.69, 9.17) is 9.47 Å². The number of ether oxygens (including phenoxy) is 2. The topological polar surface area (TPSA) is 135 Å². The molecule has 2 rings (SSSR count). The van der Waals surface area contributed by atoms with Gasteiger partial charge in [0.1, 0.15) is 25.3 Å². The van der Waals surface area contributed by atoms with Crippen LogP contribution in [-0.2, 0) is 32.3 Å².